The van der Waals surface area contributed by atoms with Crippen molar-refractivity contribution in [3.05, 3.63) is 54.0 Å². The molecule has 0 saturated heterocycles. The van der Waals surface area contributed by atoms with E-state index in [1.807, 2.05) is 30.3 Å². The van der Waals surface area contributed by atoms with Crippen LogP contribution in [0.4, 0.5) is 0 Å². The van der Waals surface area contributed by atoms with E-state index in [2.05, 4.69) is 10.1 Å². The second-order valence-corrected chi connectivity index (χ2v) is 4.29. The van der Waals surface area contributed by atoms with Gasteiger partial charge < -0.3 is 5.11 Å². The highest BCUT2D eigenvalue weighted by molar-refractivity contribution is 5.87. The molecule has 2 heterocycles. The second-order valence-electron chi connectivity index (χ2n) is 4.29. The quantitative estimate of drug-likeness (QED) is 0.761. The Morgan fingerprint density at radius 2 is 2.16 bits per heavy atom. The Morgan fingerprint density at radius 3 is 2.89 bits per heavy atom. The number of benzene rings is 1. The van der Waals surface area contributed by atoms with Crippen molar-refractivity contribution in [2.75, 3.05) is 0 Å². The average molecular weight is 253 g/mol. The van der Waals surface area contributed by atoms with Gasteiger partial charge in [-0.25, -0.2) is 9.48 Å². The van der Waals surface area contributed by atoms with Gasteiger partial charge in [-0.2, -0.15) is 5.10 Å². The Kier molecular flexibility index (Phi) is 2.52. The van der Waals surface area contributed by atoms with E-state index in [4.69, 9.17) is 5.11 Å². The third-order valence-electron chi connectivity index (χ3n) is 2.95. The van der Waals surface area contributed by atoms with Gasteiger partial charge in [0.25, 0.3) is 0 Å². The normalized spacial score (nSPS) is 10.8. The van der Waals surface area contributed by atoms with Crippen LogP contribution < -0.4 is 0 Å². The van der Waals surface area contributed by atoms with Crippen molar-refractivity contribution < 1.29 is 9.90 Å². The average Bonchev–Trinajstić information content (AvgIpc) is 2.80. The van der Waals surface area contributed by atoms with Crippen LogP contribution in [0.3, 0.4) is 0 Å². The second kappa shape index (κ2) is 4.20. The Hall–Kier alpha value is -2.69. The van der Waals surface area contributed by atoms with E-state index in [-0.39, 0.29) is 5.69 Å². The van der Waals surface area contributed by atoms with Gasteiger partial charge in [-0.15, -0.1) is 0 Å². The fourth-order valence-corrected chi connectivity index (χ4v) is 2.01. The highest BCUT2D eigenvalue weighted by atomic mass is 16.4. The molecule has 5 heteroatoms. The molecule has 1 N–H and O–H groups in total. The molecule has 0 atom stereocenters. The van der Waals surface area contributed by atoms with Crippen molar-refractivity contribution >= 4 is 16.9 Å². The molecule has 1 aromatic carbocycles. The van der Waals surface area contributed by atoms with E-state index in [9.17, 15) is 4.79 Å². The highest BCUT2D eigenvalue weighted by Crippen LogP contribution is 2.17. The fourth-order valence-electron chi connectivity index (χ4n) is 2.01. The number of fused-ring (bicyclic) bond motifs is 1. The first-order valence-corrected chi connectivity index (χ1v) is 5.80. The van der Waals surface area contributed by atoms with E-state index in [1.54, 1.807) is 24.0 Å². The maximum Gasteiger partial charge on any atom is 0.356 e. The zero-order valence-corrected chi connectivity index (χ0v) is 10.2. The number of nitrogens with zero attached hydrogens (tertiary/aromatic N) is 3. The third-order valence-corrected chi connectivity index (χ3v) is 2.95. The van der Waals surface area contributed by atoms with Crippen LogP contribution in [0.2, 0.25) is 0 Å². The van der Waals surface area contributed by atoms with E-state index >= 15 is 0 Å². The van der Waals surface area contributed by atoms with Gasteiger partial charge in [0.15, 0.2) is 5.69 Å². The Balaban J connectivity index is 2.13. The number of carboxylic acid groups (broad SMARTS) is 1. The molecule has 2 aromatic heterocycles. The molecule has 5 nitrogen and oxygen atoms in total. The lowest BCUT2D eigenvalue weighted by Crippen LogP contribution is -2.01. The van der Waals surface area contributed by atoms with Crippen molar-refractivity contribution in [3.63, 3.8) is 0 Å². The van der Waals surface area contributed by atoms with Crippen LogP contribution in [0.15, 0.2) is 42.7 Å². The van der Waals surface area contributed by atoms with E-state index in [0.717, 1.165) is 16.6 Å². The van der Waals surface area contributed by atoms with Gasteiger partial charge >= 0.3 is 5.97 Å². The van der Waals surface area contributed by atoms with Crippen molar-refractivity contribution in [2.24, 2.45) is 0 Å². The minimum absolute atomic E-state index is 0.0753. The number of aromatic carboxylic acids is 1. The molecule has 0 radical (unpaired) electrons. The van der Waals surface area contributed by atoms with Crippen LogP contribution in [-0.4, -0.2) is 25.8 Å². The van der Waals surface area contributed by atoms with Crippen molar-refractivity contribution in [1.29, 1.82) is 0 Å². The molecule has 0 aliphatic rings. The van der Waals surface area contributed by atoms with Gasteiger partial charge in [0.1, 0.15) is 0 Å². The smallest absolute Gasteiger partial charge is 0.356 e. The van der Waals surface area contributed by atoms with E-state index < -0.39 is 5.97 Å². The maximum absolute atomic E-state index is 11.0. The summed E-state index contributed by atoms with van der Waals surface area (Å²) < 4.78 is 1.57. The van der Waals surface area contributed by atoms with Gasteiger partial charge in [0.2, 0.25) is 0 Å². The number of carbonyl (C=O) groups is 1. The first-order valence-electron chi connectivity index (χ1n) is 5.80. The summed E-state index contributed by atoms with van der Waals surface area (Å²) >= 11 is 0. The molecule has 3 aromatic rings. The van der Waals surface area contributed by atoms with Crippen LogP contribution in [0.1, 0.15) is 16.1 Å². The number of hydrogen-bond acceptors (Lipinski definition) is 3. The fraction of sp³-hybridized carbons (Fsp3) is 0.0714. The van der Waals surface area contributed by atoms with Crippen molar-refractivity contribution in [3.8, 4) is 5.69 Å². The van der Waals surface area contributed by atoms with Gasteiger partial charge in [-0.05, 0) is 31.2 Å². The van der Waals surface area contributed by atoms with Crippen LogP contribution in [0, 0.1) is 6.92 Å². The van der Waals surface area contributed by atoms with Gasteiger partial charge in [0.05, 0.1) is 11.2 Å². The standard InChI is InChI=1S/C14H11N3O2/c1-9-8-17(16-13(9)14(18)19)11-4-5-12-10(7-11)3-2-6-15-12/h2-8H,1H3,(H,18,19). The summed E-state index contributed by atoms with van der Waals surface area (Å²) in [6.07, 6.45) is 3.45. The molecule has 0 amide bonds. The number of pyridine rings is 1. The molecule has 0 aliphatic carbocycles. The summed E-state index contributed by atoms with van der Waals surface area (Å²) in [6.45, 7) is 1.73. The van der Waals surface area contributed by atoms with Gasteiger partial charge in [-0.1, -0.05) is 6.07 Å². The Morgan fingerprint density at radius 1 is 1.32 bits per heavy atom. The van der Waals surface area contributed by atoms with Crippen LogP contribution in [0.25, 0.3) is 16.6 Å². The predicted octanol–water partition coefficient (Wildman–Crippen LogP) is 2.43. The SMILES string of the molecule is Cc1cn(-c2ccc3ncccc3c2)nc1C(=O)O. The minimum atomic E-state index is -1.02. The lowest BCUT2D eigenvalue weighted by atomic mass is 10.2. The first-order chi connectivity index (χ1) is 9.15. The largest absolute Gasteiger partial charge is 0.476 e. The number of hydrogen-bond donors (Lipinski definition) is 1. The lowest BCUT2D eigenvalue weighted by Gasteiger charge is -2.02. The van der Waals surface area contributed by atoms with Crippen LogP contribution >= 0.6 is 0 Å². The molecular weight excluding hydrogens is 242 g/mol. The molecule has 0 fully saturated rings. The highest BCUT2D eigenvalue weighted by Gasteiger charge is 2.13. The Bertz CT molecular complexity index is 777. The van der Waals surface area contributed by atoms with Crippen LogP contribution in [0.5, 0.6) is 0 Å². The molecule has 94 valence electrons. The van der Waals surface area contributed by atoms with Crippen molar-refractivity contribution in [2.45, 2.75) is 6.92 Å². The number of rotatable bonds is 2. The molecular formula is C14H11N3O2. The zero-order chi connectivity index (χ0) is 13.4. The number of carboxylic acids is 1. The topological polar surface area (TPSA) is 68.0 Å². The first kappa shape index (κ1) is 11.4. The number of aryl methyl sites for hydroxylation is 1. The van der Waals surface area contributed by atoms with E-state index in [0.29, 0.717) is 5.56 Å². The summed E-state index contributed by atoms with van der Waals surface area (Å²) in [7, 11) is 0. The van der Waals surface area contributed by atoms with Gasteiger partial charge in [-0.3, -0.25) is 4.98 Å². The lowest BCUT2D eigenvalue weighted by molar-refractivity contribution is 0.0689. The summed E-state index contributed by atoms with van der Waals surface area (Å²) in [5.41, 5.74) is 2.43. The summed E-state index contributed by atoms with van der Waals surface area (Å²) in [4.78, 5) is 15.2. The monoisotopic (exact) mass is 253 g/mol. The maximum atomic E-state index is 11.0. The molecule has 0 bridgehead atoms. The molecule has 3 rings (SSSR count). The van der Waals surface area contributed by atoms with Crippen molar-refractivity contribution in [1.82, 2.24) is 14.8 Å². The summed E-state index contributed by atoms with van der Waals surface area (Å²) in [6, 6.07) is 9.51. The van der Waals surface area contributed by atoms with Gasteiger partial charge in [0, 0.05) is 23.3 Å². The summed E-state index contributed by atoms with van der Waals surface area (Å²) in [5.74, 6) is -1.02. The predicted molar refractivity (Wildman–Crippen MR) is 70.6 cm³/mol. The van der Waals surface area contributed by atoms with Crippen LogP contribution in [-0.2, 0) is 0 Å². The number of aromatic nitrogens is 3. The molecule has 0 unspecified atom stereocenters. The molecule has 0 spiro atoms. The third kappa shape index (κ3) is 1.95. The minimum Gasteiger partial charge on any atom is -0.476 e. The summed E-state index contributed by atoms with van der Waals surface area (Å²) in [5, 5.41) is 14.1. The molecule has 0 aliphatic heterocycles. The van der Waals surface area contributed by atoms with E-state index in [1.165, 1.54) is 0 Å². The molecule has 0 saturated carbocycles. The molecule has 19 heavy (non-hydrogen) atoms. The zero-order valence-electron chi connectivity index (χ0n) is 10.2. The Labute approximate surface area is 109 Å².